The summed E-state index contributed by atoms with van der Waals surface area (Å²) in [4.78, 5) is 0. The summed E-state index contributed by atoms with van der Waals surface area (Å²) in [5, 5.41) is 3.62. The lowest BCUT2D eigenvalue weighted by molar-refractivity contribution is 0.576. The summed E-state index contributed by atoms with van der Waals surface area (Å²) >= 11 is 0. The van der Waals surface area contributed by atoms with Crippen molar-refractivity contribution in [3.05, 3.63) is 34.9 Å². The number of rotatable bonds is 5. The highest BCUT2D eigenvalue weighted by atomic mass is 14.9. The molecule has 1 N–H and O–H groups in total. The molecule has 1 aliphatic rings. The van der Waals surface area contributed by atoms with Crippen LogP contribution in [0.2, 0.25) is 0 Å². The van der Waals surface area contributed by atoms with Gasteiger partial charge in [0.25, 0.3) is 0 Å². The summed E-state index contributed by atoms with van der Waals surface area (Å²) in [7, 11) is 0. The normalized spacial score (nSPS) is 17.5. The second-order valence-corrected chi connectivity index (χ2v) is 7.24. The molecule has 1 heteroatoms. The third-order valence-electron chi connectivity index (χ3n) is 4.26. The summed E-state index contributed by atoms with van der Waals surface area (Å²) in [6.07, 6.45) is 4.00. The first-order chi connectivity index (χ1) is 8.88. The molecule has 1 unspecified atom stereocenters. The minimum Gasteiger partial charge on any atom is -0.314 e. The van der Waals surface area contributed by atoms with E-state index in [1.807, 2.05) is 0 Å². The van der Waals surface area contributed by atoms with Crippen molar-refractivity contribution in [3.63, 3.8) is 0 Å². The molecule has 106 valence electrons. The zero-order chi connectivity index (χ0) is 14.0. The first kappa shape index (κ1) is 14.6. The maximum Gasteiger partial charge on any atom is 0.00682 e. The molecule has 0 spiro atoms. The quantitative estimate of drug-likeness (QED) is 0.818. The Bertz CT molecular complexity index is 424. The Kier molecular flexibility index (Phi) is 4.35. The lowest BCUT2D eigenvalue weighted by Crippen LogP contribution is -2.19. The fourth-order valence-electron chi connectivity index (χ4n) is 2.58. The Morgan fingerprint density at radius 3 is 2.53 bits per heavy atom. The van der Waals surface area contributed by atoms with Gasteiger partial charge >= 0.3 is 0 Å². The Balaban J connectivity index is 2.03. The first-order valence-electron chi connectivity index (χ1n) is 7.72. The van der Waals surface area contributed by atoms with Crippen LogP contribution in [-0.4, -0.2) is 12.6 Å². The molecule has 1 aliphatic carbocycles. The van der Waals surface area contributed by atoms with Gasteiger partial charge in [0.05, 0.1) is 0 Å². The number of hydrogen-bond donors (Lipinski definition) is 1. The molecule has 1 fully saturated rings. The van der Waals surface area contributed by atoms with Crippen LogP contribution in [-0.2, 0) is 5.41 Å². The van der Waals surface area contributed by atoms with Crippen molar-refractivity contribution in [2.24, 2.45) is 0 Å². The molecule has 0 saturated heterocycles. The van der Waals surface area contributed by atoms with Gasteiger partial charge in [-0.1, -0.05) is 45.9 Å². The van der Waals surface area contributed by atoms with Crippen molar-refractivity contribution in [1.82, 2.24) is 5.32 Å². The van der Waals surface area contributed by atoms with Gasteiger partial charge in [0.1, 0.15) is 0 Å². The molecule has 0 radical (unpaired) electrons. The van der Waals surface area contributed by atoms with Gasteiger partial charge in [-0.15, -0.1) is 0 Å². The van der Waals surface area contributed by atoms with Crippen LogP contribution in [0.5, 0.6) is 0 Å². The summed E-state index contributed by atoms with van der Waals surface area (Å²) in [6.45, 7) is 12.6. The highest BCUT2D eigenvalue weighted by Gasteiger charge is 2.21. The van der Waals surface area contributed by atoms with Crippen molar-refractivity contribution in [1.29, 1.82) is 0 Å². The van der Waals surface area contributed by atoms with E-state index < -0.39 is 0 Å². The van der Waals surface area contributed by atoms with Crippen LogP contribution in [0, 0.1) is 6.92 Å². The molecule has 1 aromatic rings. The third kappa shape index (κ3) is 4.07. The molecule has 1 saturated carbocycles. The molecule has 0 heterocycles. The van der Waals surface area contributed by atoms with Gasteiger partial charge < -0.3 is 5.32 Å². The van der Waals surface area contributed by atoms with Crippen LogP contribution < -0.4 is 5.32 Å². The summed E-state index contributed by atoms with van der Waals surface area (Å²) in [5.41, 5.74) is 4.67. The van der Waals surface area contributed by atoms with Gasteiger partial charge in [-0.2, -0.15) is 0 Å². The van der Waals surface area contributed by atoms with E-state index in [1.165, 1.54) is 36.0 Å². The zero-order valence-corrected chi connectivity index (χ0v) is 13.2. The lowest BCUT2D eigenvalue weighted by Gasteiger charge is -2.23. The molecule has 1 nitrogen and oxygen atoms in total. The SMILES string of the molecule is Cc1ccc(C(C)(C)C)cc1C(C)CCNC1CC1. The van der Waals surface area contributed by atoms with Gasteiger partial charge in [0, 0.05) is 6.04 Å². The predicted molar refractivity (Wildman–Crippen MR) is 83.9 cm³/mol. The fraction of sp³-hybridized carbons (Fsp3) is 0.667. The monoisotopic (exact) mass is 259 g/mol. The fourth-order valence-corrected chi connectivity index (χ4v) is 2.58. The van der Waals surface area contributed by atoms with Gasteiger partial charge in [-0.05, 0) is 60.8 Å². The summed E-state index contributed by atoms with van der Waals surface area (Å²) in [6, 6.07) is 7.83. The van der Waals surface area contributed by atoms with E-state index >= 15 is 0 Å². The van der Waals surface area contributed by atoms with E-state index in [-0.39, 0.29) is 5.41 Å². The molecule has 0 amide bonds. The minimum absolute atomic E-state index is 0.244. The van der Waals surface area contributed by atoms with E-state index in [4.69, 9.17) is 0 Å². The maximum atomic E-state index is 3.62. The molecular weight excluding hydrogens is 230 g/mol. The Hall–Kier alpha value is -0.820. The lowest BCUT2D eigenvalue weighted by atomic mass is 9.83. The molecule has 1 aromatic carbocycles. The molecule has 19 heavy (non-hydrogen) atoms. The molecule has 0 aromatic heterocycles. The predicted octanol–water partition coefficient (Wildman–Crippen LogP) is 4.54. The largest absolute Gasteiger partial charge is 0.314 e. The van der Waals surface area contributed by atoms with Crippen molar-refractivity contribution in [3.8, 4) is 0 Å². The van der Waals surface area contributed by atoms with Crippen LogP contribution in [0.15, 0.2) is 18.2 Å². The third-order valence-corrected chi connectivity index (χ3v) is 4.26. The topological polar surface area (TPSA) is 12.0 Å². The van der Waals surface area contributed by atoms with E-state index in [0.29, 0.717) is 5.92 Å². The van der Waals surface area contributed by atoms with Crippen LogP contribution in [0.1, 0.15) is 69.6 Å². The minimum atomic E-state index is 0.244. The van der Waals surface area contributed by atoms with Crippen LogP contribution in [0.25, 0.3) is 0 Å². The zero-order valence-electron chi connectivity index (χ0n) is 13.2. The summed E-state index contributed by atoms with van der Waals surface area (Å²) in [5.74, 6) is 0.647. The standard InChI is InChI=1S/C18H29N/c1-13-6-7-15(18(3,4)5)12-17(13)14(2)10-11-19-16-8-9-16/h6-7,12,14,16,19H,8-11H2,1-5H3. The number of benzene rings is 1. The van der Waals surface area contributed by atoms with Gasteiger partial charge in [0.2, 0.25) is 0 Å². The van der Waals surface area contributed by atoms with Crippen LogP contribution in [0.3, 0.4) is 0 Å². The van der Waals surface area contributed by atoms with Gasteiger partial charge in [0.15, 0.2) is 0 Å². The molecule has 0 bridgehead atoms. The smallest absolute Gasteiger partial charge is 0.00682 e. The Morgan fingerprint density at radius 1 is 1.26 bits per heavy atom. The number of nitrogens with one attached hydrogen (secondary N) is 1. The van der Waals surface area contributed by atoms with Crippen molar-refractivity contribution in [2.75, 3.05) is 6.54 Å². The molecule has 0 aliphatic heterocycles. The maximum absolute atomic E-state index is 3.62. The second kappa shape index (κ2) is 5.66. The highest BCUT2D eigenvalue weighted by Crippen LogP contribution is 2.29. The average molecular weight is 259 g/mol. The van der Waals surface area contributed by atoms with E-state index in [2.05, 4.69) is 58.1 Å². The Labute approximate surface area is 118 Å². The van der Waals surface area contributed by atoms with Crippen molar-refractivity contribution < 1.29 is 0 Å². The Morgan fingerprint density at radius 2 is 1.95 bits per heavy atom. The van der Waals surface area contributed by atoms with Crippen LogP contribution in [0.4, 0.5) is 0 Å². The number of aryl methyl sites for hydroxylation is 1. The van der Waals surface area contributed by atoms with Gasteiger partial charge in [-0.25, -0.2) is 0 Å². The number of hydrogen-bond acceptors (Lipinski definition) is 1. The van der Waals surface area contributed by atoms with Crippen LogP contribution >= 0.6 is 0 Å². The summed E-state index contributed by atoms with van der Waals surface area (Å²) < 4.78 is 0. The molecular formula is C18H29N. The average Bonchev–Trinajstić information content (AvgIpc) is 3.12. The molecule has 1 atom stereocenters. The van der Waals surface area contributed by atoms with Crippen molar-refractivity contribution >= 4 is 0 Å². The molecule has 2 rings (SSSR count). The highest BCUT2D eigenvalue weighted by molar-refractivity contribution is 5.36. The van der Waals surface area contributed by atoms with E-state index in [0.717, 1.165) is 12.6 Å². The van der Waals surface area contributed by atoms with Gasteiger partial charge in [-0.3, -0.25) is 0 Å². The first-order valence-corrected chi connectivity index (χ1v) is 7.72. The van der Waals surface area contributed by atoms with E-state index in [9.17, 15) is 0 Å². The van der Waals surface area contributed by atoms with Crippen molar-refractivity contribution in [2.45, 2.75) is 71.3 Å². The second-order valence-electron chi connectivity index (χ2n) is 7.24. The van der Waals surface area contributed by atoms with E-state index in [1.54, 1.807) is 0 Å².